The largest absolute Gasteiger partial charge is 0.246 e. The van der Waals surface area contributed by atoms with Gasteiger partial charge in [0.1, 0.15) is 12.1 Å². The minimum Gasteiger partial charge on any atom is -0.246 e. The molecule has 3 heteroatoms. The van der Waals surface area contributed by atoms with Crippen LogP contribution in [0, 0.1) is 33.1 Å². The van der Waals surface area contributed by atoms with Crippen molar-refractivity contribution in [2.24, 2.45) is 0 Å². The van der Waals surface area contributed by atoms with Crippen LogP contribution in [-0.4, -0.2) is 4.98 Å². The molecule has 3 nitrogen and oxygen atoms in total. The monoisotopic (exact) mass is 313 g/mol. The number of rotatable bonds is 2. The maximum atomic E-state index is 9.06. The summed E-state index contributed by atoms with van der Waals surface area (Å²) in [5.41, 5.74) is 3.54. The van der Waals surface area contributed by atoms with Gasteiger partial charge < -0.3 is 0 Å². The van der Waals surface area contributed by atoms with E-state index >= 15 is 0 Å². The highest BCUT2D eigenvalue weighted by Gasteiger charge is 2.13. The first-order chi connectivity index (χ1) is 11.5. The van der Waals surface area contributed by atoms with Crippen LogP contribution in [-0.2, 0) is 0 Å². The second kappa shape index (κ2) is 5.95. The predicted octanol–water partition coefficient (Wildman–Crippen LogP) is 2.96. The Morgan fingerprint density at radius 2 is 1.71 bits per heavy atom. The van der Waals surface area contributed by atoms with Crippen LogP contribution in [0.2, 0.25) is 0 Å². The molecule has 1 aliphatic rings. The van der Waals surface area contributed by atoms with E-state index in [4.69, 9.17) is 10.5 Å². The summed E-state index contributed by atoms with van der Waals surface area (Å²) in [6, 6.07) is 12.1. The lowest BCUT2D eigenvalue weighted by Gasteiger charge is -2.12. The van der Waals surface area contributed by atoms with Crippen molar-refractivity contribution >= 4 is 11.6 Å². The molecule has 0 fully saturated rings. The third-order valence-electron chi connectivity index (χ3n) is 4.48. The Morgan fingerprint density at radius 1 is 1.00 bits per heavy atom. The fourth-order valence-electron chi connectivity index (χ4n) is 3.15. The molecule has 0 aliphatic heterocycles. The summed E-state index contributed by atoms with van der Waals surface area (Å²) in [6.45, 7) is 8.81. The summed E-state index contributed by atoms with van der Waals surface area (Å²) in [7, 11) is 0. The summed E-state index contributed by atoms with van der Waals surface area (Å²) in [6.07, 6.45) is 2.07. The van der Waals surface area contributed by atoms with Crippen LogP contribution in [0.5, 0.6) is 0 Å². The Labute approximate surface area is 141 Å². The van der Waals surface area contributed by atoms with Gasteiger partial charge in [0.25, 0.3) is 0 Å². The molecule has 0 radical (unpaired) electrons. The average molecular weight is 313 g/mol. The molecule has 24 heavy (non-hydrogen) atoms. The van der Waals surface area contributed by atoms with E-state index in [0.717, 1.165) is 10.9 Å². The topological polar surface area (TPSA) is 60.5 Å². The van der Waals surface area contributed by atoms with Gasteiger partial charge in [-0.15, -0.1) is 0 Å². The fraction of sp³-hybridized carbons (Fsp3) is 0.286. The molecule has 0 spiro atoms. The quantitative estimate of drug-likeness (QED) is 0.731. The van der Waals surface area contributed by atoms with Crippen molar-refractivity contribution in [3.05, 3.63) is 62.1 Å². The highest BCUT2D eigenvalue weighted by atomic mass is 14.7. The molecule has 0 atom stereocenters. The summed E-state index contributed by atoms with van der Waals surface area (Å²) < 4.78 is 0. The molecular weight excluding hydrogens is 294 g/mol. The first-order valence-electron chi connectivity index (χ1n) is 8.17. The van der Waals surface area contributed by atoms with Gasteiger partial charge in [-0.25, -0.2) is 4.98 Å². The van der Waals surface area contributed by atoms with Crippen molar-refractivity contribution < 1.29 is 0 Å². The summed E-state index contributed by atoms with van der Waals surface area (Å²) in [4.78, 5) is 4.55. The van der Waals surface area contributed by atoms with Gasteiger partial charge in [0.15, 0.2) is 5.57 Å². The molecule has 1 heterocycles. The zero-order chi connectivity index (χ0) is 17.4. The lowest BCUT2D eigenvalue weighted by Crippen LogP contribution is -2.10. The molecule has 0 saturated heterocycles. The third-order valence-corrected chi connectivity index (χ3v) is 4.48. The van der Waals surface area contributed by atoms with Crippen molar-refractivity contribution in [3.63, 3.8) is 0 Å². The van der Waals surface area contributed by atoms with Gasteiger partial charge in [-0.1, -0.05) is 39.8 Å². The fourth-order valence-corrected chi connectivity index (χ4v) is 3.15. The van der Waals surface area contributed by atoms with Crippen LogP contribution in [0.1, 0.15) is 56.4 Å². The molecule has 3 rings (SSSR count). The molecule has 2 aromatic rings. The highest BCUT2D eigenvalue weighted by Crippen LogP contribution is 2.22. The number of hydrogen-bond acceptors (Lipinski definition) is 3. The first kappa shape index (κ1) is 16.0. The Kier molecular flexibility index (Phi) is 3.96. The molecule has 0 unspecified atom stereocenters. The van der Waals surface area contributed by atoms with E-state index in [1.165, 1.54) is 21.6 Å². The van der Waals surface area contributed by atoms with Crippen molar-refractivity contribution in [1.82, 2.24) is 4.98 Å². The molecule has 118 valence electrons. The zero-order valence-corrected chi connectivity index (χ0v) is 14.4. The van der Waals surface area contributed by atoms with Crippen LogP contribution in [0.3, 0.4) is 0 Å². The third kappa shape index (κ3) is 2.49. The maximum absolute atomic E-state index is 9.06. The number of benzene rings is 1. The van der Waals surface area contributed by atoms with E-state index in [1.807, 2.05) is 18.2 Å². The van der Waals surface area contributed by atoms with Gasteiger partial charge in [-0.05, 0) is 51.6 Å². The van der Waals surface area contributed by atoms with Gasteiger partial charge in [-0.2, -0.15) is 10.5 Å². The minimum absolute atomic E-state index is 0.0501. The molecule has 0 N–H and O–H groups in total. The lowest BCUT2D eigenvalue weighted by molar-refractivity contribution is 0.826. The Hall–Kier alpha value is -2.91. The van der Waals surface area contributed by atoms with Crippen LogP contribution in [0.25, 0.3) is 11.6 Å². The average Bonchev–Trinajstić information content (AvgIpc) is 2.92. The van der Waals surface area contributed by atoms with Gasteiger partial charge in [0.2, 0.25) is 0 Å². The highest BCUT2D eigenvalue weighted by molar-refractivity contribution is 5.71. The Balaban J connectivity index is 2.46. The van der Waals surface area contributed by atoms with Crippen molar-refractivity contribution in [2.45, 2.75) is 39.5 Å². The Morgan fingerprint density at radius 3 is 2.29 bits per heavy atom. The summed E-state index contributed by atoms with van der Waals surface area (Å²) >= 11 is 0. The van der Waals surface area contributed by atoms with Crippen LogP contribution in [0.4, 0.5) is 0 Å². The van der Waals surface area contributed by atoms with E-state index in [2.05, 4.69) is 50.9 Å². The maximum Gasteiger partial charge on any atom is 0.155 e. The molecule has 0 saturated carbocycles. The normalized spacial score (nSPS) is 11.5. The lowest BCUT2D eigenvalue weighted by atomic mass is 9.93. The molecule has 0 amide bonds. The van der Waals surface area contributed by atoms with Gasteiger partial charge in [0.05, 0.1) is 11.0 Å². The van der Waals surface area contributed by atoms with Crippen LogP contribution >= 0.6 is 0 Å². The van der Waals surface area contributed by atoms with E-state index < -0.39 is 0 Å². The van der Waals surface area contributed by atoms with E-state index in [0.29, 0.717) is 17.2 Å². The molecule has 1 aromatic heterocycles. The van der Waals surface area contributed by atoms with E-state index in [1.54, 1.807) is 6.07 Å². The second-order valence-corrected chi connectivity index (χ2v) is 6.76. The predicted molar refractivity (Wildman–Crippen MR) is 94.0 cm³/mol. The smallest absolute Gasteiger partial charge is 0.155 e. The van der Waals surface area contributed by atoms with Gasteiger partial charge >= 0.3 is 0 Å². The first-order valence-corrected chi connectivity index (χ1v) is 8.17. The number of fused-ring (bicyclic) bond motifs is 2. The summed E-state index contributed by atoms with van der Waals surface area (Å²) in [5, 5.41) is 22.1. The van der Waals surface area contributed by atoms with Crippen molar-refractivity contribution in [2.75, 3.05) is 0 Å². The van der Waals surface area contributed by atoms with Gasteiger partial charge in [-0.3, -0.25) is 0 Å². The van der Waals surface area contributed by atoms with Crippen LogP contribution in [0.15, 0.2) is 24.3 Å². The standard InChI is InChI=1S/C21H19N3/c1-12(2)14-7-15-9-20-17(21(15)18(8-14)13(3)4)5-6-19(24-20)16(10-22)11-23/h5-9,12-13H,1-4H3. The number of hydrogen-bond donors (Lipinski definition) is 0. The number of nitriles is 2. The SMILES string of the molecule is CC(C)c1cc(C(C)C)c2c(c1)=Cc1nc(=C(C#N)C#N)ccc1=2. The van der Waals surface area contributed by atoms with Crippen molar-refractivity contribution in [1.29, 1.82) is 10.5 Å². The second-order valence-electron chi connectivity index (χ2n) is 6.76. The van der Waals surface area contributed by atoms with Crippen LogP contribution < -0.4 is 10.6 Å². The Bertz CT molecular complexity index is 1110. The van der Waals surface area contributed by atoms with Gasteiger partial charge in [0, 0.05) is 5.22 Å². The van der Waals surface area contributed by atoms with E-state index in [9.17, 15) is 0 Å². The molecular formula is C21H19N3. The number of nitrogens with zero attached hydrogens (tertiary/aromatic N) is 3. The summed E-state index contributed by atoms with van der Waals surface area (Å²) in [5.74, 6) is 0.877. The number of pyridine rings is 1. The van der Waals surface area contributed by atoms with Crippen molar-refractivity contribution in [3.8, 4) is 12.1 Å². The molecule has 0 bridgehead atoms. The molecule has 1 aliphatic carbocycles. The minimum atomic E-state index is 0.0501. The number of aromatic nitrogens is 1. The zero-order valence-electron chi connectivity index (χ0n) is 14.4. The molecule has 1 aromatic carbocycles. The van der Waals surface area contributed by atoms with E-state index in [-0.39, 0.29) is 5.57 Å².